The van der Waals surface area contributed by atoms with Gasteiger partial charge in [0.1, 0.15) is 0 Å². The second-order valence-corrected chi connectivity index (χ2v) is 9.15. The summed E-state index contributed by atoms with van der Waals surface area (Å²) in [5.41, 5.74) is 1.47. The number of rotatable bonds is 5. The van der Waals surface area contributed by atoms with Gasteiger partial charge in [-0.25, -0.2) is 8.42 Å². The summed E-state index contributed by atoms with van der Waals surface area (Å²) < 4.78 is 27.1. The van der Waals surface area contributed by atoms with Gasteiger partial charge >= 0.3 is 0 Å². The third-order valence-corrected chi connectivity index (χ3v) is 7.06. The number of carbonyl (C=O) groups is 1. The quantitative estimate of drug-likeness (QED) is 0.854. The second-order valence-electron chi connectivity index (χ2n) is 7.22. The molecule has 1 aliphatic rings. The monoisotopic (exact) mass is 386 g/mol. The summed E-state index contributed by atoms with van der Waals surface area (Å²) in [4.78, 5) is 12.7. The molecule has 6 heteroatoms. The first-order valence-corrected chi connectivity index (χ1v) is 10.8. The van der Waals surface area contributed by atoms with Crippen molar-refractivity contribution in [2.24, 2.45) is 5.92 Å². The zero-order valence-corrected chi connectivity index (χ0v) is 16.6. The van der Waals surface area contributed by atoms with Gasteiger partial charge in [0.25, 0.3) is 5.91 Å². The summed E-state index contributed by atoms with van der Waals surface area (Å²) in [5.74, 6) is 0.344. The molecule has 2 aromatic rings. The maximum atomic E-state index is 12.8. The number of benzene rings is 2. The molecule has 1 atom stereocenters. The Morgan fingerprint density at radius 2 is 1.63 bits per heavy atom. The topological polar surface area (TPSA) is 66.5 Å². The molecule has 3 rings (SSSR count). The Labute approximate surface area is 161 Å². The molecule has 2 aromatic carbocycles. The van der Waals surface area contributed by atoms with Gasteiger partial charge in [-0.15, -0.1) is 0 Å². The largest absolute Gasteiger partial charge is 0.346 e. The fraction of sp³-hybridized carbons (Fsp3) is 0.381. The predicted molar refractivity (Wildman–Crippen MR) is 106 cm³/mol. The standard InChI is InChI=1S/C21H26N2O3S/c1-16-12-14-23(15-13-16)27(25,26)20-10-8-19(9-11-20)21(24)22-17(2)18-6-4-3-5-7-18/h3-11,16-17H,12-15H2,1-2H3,(H,22,24). The second kappa shape index (κ2) is 8.23. The minimum absolute atomic E-state index is 0.127. The van der Waals surface area contributed by atoms with Crippen LogP contribution in [0.4, 0.5) is 0 Å². The highest BCUT2D eigenvalue weighted by molar-refractivity contribution is 7.89. The lowest BCUT2D eigenvalue weighted by Crippen LogP contribution is -2.37. The van der Waals surface area contributed by atoms with Crippen LogP contribution in [0.5, 0.6) is 0 Å². The summed E-state index contributed by atoms with van der Waals surface area (Å²) in [7, 11) is -3.49. The van der Waals surface area contributed by atoms with E-state index in [9.17, 15) is 13.2 Å². The molecule has 0 spiro atoms. The number of hydrogen-bond acceptors (Lipinski definition) is 3. The summed E-state index contributed by atoms with van der Waals surface area (Å²) in [6, 6.07) is 15.8. The SMILES string of the molecule is CC1CCN(S(=O)(=O)c2ccc(C(=O)NC(C)c3ccccc3)cc2)CC1. The lowest BCUT2D eigenvalue weighted by molar-refractivity contribution is 0.0939. The van der Waals surface area contributed by atoms with Crippen LogP contribution in [-0.2, 0) is 10.0 Å². The molecule has 0 aromatic heterocycles. The van der Waals surface area contributed by atoms with E-state index in [1.54, 1.807) is 16.4 Å². The Hall–Kier alpha value is -2.18. The molecule has 0 bridgehead atoms. The molecular formula is C21H26N2O3S. The Kier molecular flexibility index (Phi) is 5.97. The van der Waals surface area contributed by atoms with E-state index >= 15 is 0 Å². The average Bonchev–Trinajstić information content (AvgIpc) is 2.69. The molecule has 1 amide bonds. The first kappa shape index (κ1) is 19.6. The Morgan fingerprint density at radius 3 is 2.22 bits per heavy atom. The molecule has 144 valence electrons. The highest BCUT2D eigenvalue weighted by Gasteiger charge is 2.28. The van der Waals surface area contributed by atoms with E-state index < -0.39 is 10.0 Å². The molecule has 0 saturated carbocycles. The normalized spacial score (nSPS) is 17.4. The van der Waals surface area contributed by atoms with E-state index in [1.807, 2.05) is 37.3 Å². The molecular weight excluding hydrogens is 360 g/mol. The molecule has 1 fully saturated rings. The first-order valence-electron chi connectivity index (χ1n) is 9.34. The van der Waals surface area contributed by atoms with Crippen molar-refractivity contribution < 1.29 is 13.2 Å². The van der Waals surface area contributed by atoms with Crippen molar-refractivity contribution >= 4 is 15.9 Å². The molecule has 1 heterocycles. The smallest absolute Gasteiger partial charge is 0.251 e. The number of amides is 1. The fourth-order valence-electron chi connectivity index (χ4n) is 3.26. The van der Waals surface area contributed by atoms with Gasteiger partial charge in [-0.2, -0.15) is 4.31 Å². The summed E-state index contributed by atoms with van der Waals surface area (Å²) in [6.45, 7) is 5.18. The fourth-order valence-corrected chi connectivity index (χ4v) is 4.73. The van der Waals surface area contributed by atoms with Gasteiger partial charge in [0.15, 0.2) is 0 Å². The molecule has 0 aliphatic carbocycles. The number of nitrogens with one attached hydrogen (secondary N) is 1. The molecule has 27 heavy (non-hydrogen) atoms. The number of hydrogen-bond donors (Lipinski definition) is 1. The molecule has 1 N–H and O–H groups in total. The third kappa shape index (κ3) is 4.57. The van der Waals surface area contributed by atoms with Gasteiger partial charge in [-0.05, 0) is 55.5 Å². The van der Waals surface area contributed by atoms with Gasteiger partial charge < -0.3 is 5.32 Å². The number of piperidine rings is 1. The van der Waals surface area contributed by atoms with Crippen LogP contribution in [0.3, 0.4) is 0 Å². The van der Waals surface area contributed by atoms with Gasteiger partial charge in [0.2, 0.25) is 10.0 Å². The van der Waals surface area contributed by atoms with E-state index in [-0.39, 0.29) is 16.8 Å². The maximum Gasteiger partial charge on any atom is 0.251 e. The van der Waals surface area contributed by atoms with Gasteiger partial charge in [0.05, 0.1) is 10.9 Å². The minimum Gasteiger partial charge on any atom is -0.346 e. The van der Waals surface area contributed by atoms with Crippen molar-refractivity contribution in [1.29, 1.82) is 0 Å². The molecule has 1 saturated heterocycles. The van der Waals surface area contributed by atoms with Crippen LogP contribution < -0.4 is 5.32 Å². The molecule has 0 radical (unpaired) electrons. The van der Waals surface area contributed by atoms with Crippen molar-refractivity contribution in [1.82, 2.24) is 9.62 Å². The molecule has 5 nitrogen and oxygen atoms in total. The van der Waals surface area contributed by atoms with E-state index in [2.05, 4.69) is 12.2 Å². The highest BCUT2D eigenvalue weighted by atomic mass is 32.2. The van der Waals surface area contributed by atoms with Crippen LogP contribution in [0.2, 0.25) is 0 Å². The lowest BCUT2D eigenvalue weighted by atomic mass is 10.0. The lowest BCUT2D eigenvalue weighted by Gasteiger charge is -2.29. The van der Waals surface area contributed by atoms with E-state index in [1.165, 1.54) is 12.1 Å². The third-order valence-electron chi connectivity index (χ3n) is 5.14. The average molecular weight is 387 g/mol. The number of nitrogens with zero attached hydrogens (tertiary/aromatic N) is 1. The van der Waals surface area contributed by atoms with Crippen molar-refractivity contribution in [3.63, 3.8) is 0 Å². The summed E-state index contributed by atoms with van der Waals surface area (Å²) >= 11 is 0. The van der Waals surface area contributed by atoms with Crippen LogP contribution in [0.15, 0.2) is 59.5 Å². The van der Waals surface area contributed by atoms with Crippen LogP contribution >= 0.6 is 0 Å². The highest BCUT2D eigenvalue weighted by Crippen LogP contribution is 2.23. The Balaban J connectivity index is 1.68. The Morgan fingerprint density at radius 1 is 1.04 bits per heavy atom. The van der Waals surface area contributed by atoms with Crippen LogP contribution in [0, 0.1) is 5.92 Å². The predicted octanol–water partition coefficient (Wildman–Crippen LogP) is 3.60. The van der Waals surface area contributed by atoms with Crippen molar-refractivity contribution in [2.75, 3.05) is 13.1 Å². The first-order chi connectivity index (χ1) is 12.9. The van der Waals surface area contributed by atoms with E-state index in [4.69, 9.17) is 0 Å². The summed E-state index contributed by atoms with van der Waals surface area (Å²) in [6.07, 6.45) is 1.77. The number of carbonyl (C=O) groups excluding carboxylic acids is 1. The zero-order valence-electron chi connectivity index (χ0n) is 15.8. The van der Waals surface area contributed by atoms with Crippen molar-refractivity contribution in [3.05, 3.63) is 65.7 Å². The van der Waals surface area contributed by atoms with Crippen molar-refractivity contribution in [3.8, 4) is 0 Å². The van der Waals surface area contributed by atoms with Gasteiger partial charge in [-0.3, -0.25) is 4.79 Å². The van der Waals surface area contributed by atoms with Crippen LogP contribution in [-0.4, -0.2) is 31.7 Å². The number of sulfonamides is 1. The molecule has 1 unspecified atom stereocenters. The summed E-state index contributed by atoms with van der Waals surface area (Å²) in [5, 5.41) is 2.94. The van der Waals surface area contributed by atoms with Gasteiger partial charge in [-0.1, -0.05) is 37.3 Å². The Bertz CT molecular complexity index is 871. The minimum atomic E-state index is -3.49. The van der Waals surface area contributed by atoms with Crippen LogP contribution in [0.25, 0.3) is 0 Å². The van der Waals surface area contributed by atoms with Gasteiger partial charge in [0, 0.05) is 18.7 Å². The van der Waals surface area contributed by atoms with E-state index in [0.717, 1.165) is 18.4 Å². The zero-order chi connectivity index (χ0) is 19.4. The van der Waals surface area contributed by atoms with E-state index in [0.29, 0.717) is 24.6 Å². The van der Waals surface area contributed by atoms with Crippen LogP contribution in [0.1, 0.15) is 48.7 Å². The molecule has 1 aliphatic heterocycles. The maximum absolute atomic E-state index is 12.8. The van der Waals surface area contributed by atoms with Crippen molar-refractivity contribution in [2.45, 2.75) is 37.6 Å².